The summed E-state index contributed by atoms with van der Waals surface area (Å²) in [5.74, 6) is 0.294. The highest BCUT2D eigenvalue weighted by Crippen LogP contribution is 2.27. The van der Waals surface area contributed by atoms with Crippen LogP contribution in [0.4, 0.5) is 11.4 Å². The Morgan fingerprint density at radius 3 is 2.67 bits per heavy atom. The van der Waals surface area contributed by atoms with Crippen LogP contribution in [0.5, 0.6) is 0 Å². The normalized spacial score (nSPS) is 19.7. The van der Waals surface area contributed by atoms with Crippen molar-refractivity contribution in [1.82, 2.24) is 5.32 Å². The summed E-state index contributed by atoms with van der Waals surface area (Å²) in [6.07, 6.45) is 2.76. The van der Waals surface area contributed by atoms with E-state index < -0.39 is 5.97 Å². The molecule has 2 saturated heterocycles. The minimum absolute atomic E-state index is 0. The van der Waals surface area contributed by atoms with E-state index in [1.165, 1.54) is 7.11 Å². The molecule has 0 aromatic heterocycles. The number of anilines is 2. The Hall–Kier alpha value is -1.54. The van der Waals surface area contributed by atoms with E-state index in [0.717, 1.165) is 44.7 Å². The Morgan fingerprint density at radius 1 is 1.30 bits per heavy atom. The number of carbonyl (C=O) groups excluding carboxylic acids is 2. The summed E-state index contributed by atoms with van der Waals surface area (Å²) < 4.78 is 10.3. The van der Waals surface area contributed by atoms with Crippen molar-refractivity contribution in [1.29, 1.82) is 0 Å². The summed E-state index contributed by atoms with van der Waals surface area (Å²) in [4.78, 5) is 27.1. The molecule has 30 heavy (non-hydrogen) atoms. The van der Waals surface area contributed by atoms with Gasteiger partial charge >= 0.3 is 5.97 Å². The molecule has 1 aromatic rings. The second-order valence-electron chi connectivity index (χ2n) is 7.66. The molecule has 2 N–H and O–H groups in total. The maximum Gasteiger partial charge on any atom is 0.340 e. The molecule has 0 radical (unpaired) electrons. The lowest BCUT2D eigenvalue weighted by Gasteiger charge is -2.29. The van der Waals surface area contributed by atoms with Gasteiger partial charge in [-0.25, -0.2) is 4.79 Å². The smallest absolute Gasteiger partial charge is 0.340 e. The second kappa shape index (κ2) is 13.0. The molecule has 3 rings (SSSR count). The third-order valence-corrected chi connectivity index (χ3v) is 5.71. The van der Waals surface area contributed by atoms with Gasteiger partial charge in [-0.15, -0.1) is 24.8 Å². The molecule has 2 aliphatic rings. The standard InChI is InChI=1S/C21H31N3O4.2ClH/c1-15(16-4-3-7-22-14-16)12-20(25)23-19-6-5-17(13-18(19)21(26)27-2)24-8-10-28-11-9-24;;/h5-6,13,15-16,22H,3-4,7-12,14H2,1-2H3,(H,23,25);2*1H. The van der Waals surface area contributed by atoms with Crippen molar-refractivity contribution in [3.63, 3.8) is 0 Å². The van der Waals surface area contributed by atoms with Crippen LogP contribution in [0.25, 0.3) is 0 Å². The van der Waals surface area contributed by atoms with E-state index in [9.17, 15) is 9.59 Å². The second-order valence-corrected chi connectivity index (χ2v) is 7.66. The molecule has 0 aliphatic carbocycles. The first-order valence-corrected chi connectivity index (χ1v) is 10.1. The number of methoxy groups -OCH3 is 1. The van der Waals surface area contributed by atoms with Gasteiger partial charge in [0.25, 0.3) is 0 Å². The molecule has 1 aromatic carbocycles. The fourth-order valence-electron chi connectivity index (χ4n) is 3.96. The third kappa shape index (κ3) is 7.01. The number of rotatable bonds is 6. The van der Waals surface area contributed by atoms with Gasteiger partial charge in [0.1, 0.15) is 0 Å². The van der Waals surface area contributed by atoms with Gasteiger partial charge in [-0.3, -0.25) is 4.79 Å². The molecule has 1 amide bonds. The lowest BCUT2D eigenvalue weighted by atomic mass is 9.85. The van der Waals surface area contributed by atoms with Crippen LogP contribution in [0.15, 0.2) is 18.2 Å². The van der Waals surface area contributed by atoms with Gasteiger partial charge in [0.05, 0.1) is 31.6 Å². The number of benzene rings is 1. The van der Waals surface area contributed by atoms with Crippen LogP contribution in [-0.2, 0) is 14.3 Å². The number of hydrogen-bond donors (Lipinski definition) is 2. The van der Waals surface area contributed by atoms with E-state index in [4.69, 9.17) is 9.47 Å². The molecule has 0 saturated carbocycles. The van der Waals surface area contributed by atoms with Gasteiger partial charge in [-0.2, -0.15) is 0 Å². The highest BCUT2D eigenvalue weighted by atomic mass is 35.5. The summed E-state index contributed by atoms with van der Waals surface area (Å²) in [5, 5.41) is 6.32. The van der Waals surface area contributed by atoms with Crippen molar-refractivity contribution < 1.29 is 19.1 Å². The molecule has 0 spiro atoms. The fraction of sp³-hybridized carbons (Fsp3) is 0.619. The first kappa shape index (κ1) is 26.5. The molecule has 2 atom stereocenters. The molecule has 7 nitrogen and oxygen atoms in total. The largest absolute Gasteiger partial charge is 0.465 e. The van der Waals surface area contributed by atoms with E-state index in [2.05, 4.69) is 22.5 Å². The predicted molar refractivity (Wildman–Crippen MR) is 123 cm³/mol. The minimum atomic E-state index is -0.449. The van der Waals surface area contributed by atoms with Crippen LogP contribution in [0, 0.1) is 11.8 Å². The van der Waals surface area contributed by atoms with Crippen LogP contribution in [0.3, 0.4) is 0 Å². The first-order chi connectivity index (χ1) is 13.6. The molecular weight excluding hydrogens is 429 g/mol. The van der Waals surface area contributed by atoms with Crippen molar-refractivity contribution >= 4 is 48.1 Å². The Morgan fingerprint density at radius 2 is 2.03 bits per heavy atom. The van der Waals surface area contributed by atoms with Crippen molar-refractivity contribution in [2.24, 2.45) is 11.8 Å². The molecular formula is C21H33Cl2N3O4. The van der Waals surface area contributed by atoms with Crippen molar-refractivity contribution in [3.8, 4) is 0 Å². The lowest BCUT2D eigenvalue weighted by Crippen LogP contribution is -2.36. The summed E-state index contributed by atoms with van der Waals surface area (Å²) >= 11 is 0. The summed E-state index contributed by atoms with van der Waals surface area (Å²) in [7, 11) is 1.35. The number of amides is 1. The zero-order valence-corrected chi connectivity index (χ0v) is 19.3. The Balaban J connectivity index is 0.00000225. The SMILES string of the molecule is COC(=O)c1cc(N2CCOCC2)ccc1NC(=O)CC(C)C1CCCNC1.Cl.Cl. The molecule has 2 heterocycles. The van der Waals surface area contributed by atoms with Crippen molar-refractivity contribution in [3.05, 3.63) is 23.8 Å². The molecule has 2 fully saturated rings. The topological polar surface area (TPSA) is 79.9 Å². The first-order valence-electron chi connectivity index (χ1n) is 10.1. The quantitative estimate of drug-likeness (QED) is 0.633. The number of piperidine rings is 1. The molecule has 9 heteroatoms. The van der Waals surface area contributed by atoms with Gasteiger partial charge in [0, 0.05) is 25.2 Å². The molecule has 170 valence electrons. The molecule has 2 unspecified atom stereocenters. The highest BCUT2D eigenvalue weighted by Gasteiger charge is 2.23. The van der Waals surface area contributed by atoms with Crippen LogP contribution < -0.4 is 15.5 Å². The Kier molecular flexibility index (Phi) is 11.5. The van der Waals surface area contributed by atoms with Gasteiger partial charge in [-0.1, -0.05) is 6.92 Å². The number of halogens is 2. The number of hydrogen-bond acceptors (Lipinski definition) is 6. The van der Waals surface area contributed by atoms with E-state index in [0.29, 0.717) is 42.7 Å². The van der Waals surface area contributed by atoms with E-state index in [1.807, 2.05) is 6.07 Å². The van der Waals surface area contributed by atoms with Crippen molar-refractivity contribution in [2.75, 3.05) is 56.7 Å². The van der Waals surface area contributed by atoms with E-state index >= 15 is 0 Å². The summed E-state index contributed by atoms with van der Waals surface area (Å²) in [6, 6.07) is 5.52. The number of morpholine rings is 1. The summed E-state index contributed by atoms with van der Waals surface area (Å²) in [5.41, 5.74) is 1.82. The molecule has 2 aliphatic heterocycles. The van der Waals surface area contributed by atoms with Gasteiger partial charge in [0.15, 0.2) is 0 Å². The van der Waals surface area contributed by atoms with E-state index in [-0.39, 0.29) is 30.7 Å². The van der Waals surface area contributed by atoms with Gasteiger partial charge in [-0.05, 0) is 56.0 Å². The zero-order valence-electron chi connectivity index (χ0n) is 17.6. The predicted octanol–water partition coefficient (Wildman–Crippen LogP) is 3.12. The average molecular weight is 462 g/mol. The number of nitrogens with one attached hydrogen (secondary N) is 2. The highest BCUT2D eigenvalue weighted by molar-refractivity contribution is 6.02. The fourth-order valence-corrected chi connectivity index (χ4v) is 3.96. The van der Waals surface area contributed by atoms with Crippen LogP contribution in [0.2, 0.25) is 0 Å². The minimum Gasteiger partial charge on any atom is -0.465 e. The number of nitrogens with zero attached hydrogens (tertiary/aromatic N) is 1. The lowest BCUT2D eigenvalue weighted by molar-refractivity contribution is -0.117. The summed E-state index contributed by atoms with van der Waals surface area (Å²) in [6.45, 7) is 7.04. The average Bonchev–Trinajstić information content (AvgIpc) is 2.74. The maximum absolute atomic E-state index is 12.6. The van der Waals surface area contributed by atoms with Gasteiger partial charge in [0.2, 0.25) is 5.91 Å². The third-order valence-electron chi connectivity index (χ3n) is 5.71. The zero-order chi connectivity index (χ0) is 19.9. The van der Waals surface area contributed by atoms with Crippen molar-refractivity contribution in [2.45, 2.75) is 26.2 Å². The monoisotopic (exact) mass is 461 g/mol. The number of ether oxygens (including phenoxy) is 2. The van der Waals surface area contributed by atoms with Crippen LogP contribution in [-0.4, -0.2) is 58.4 Å². The van der Waals surface area contributed by atoms with Gasteiger partial charge < -0.3 is 25.0 Å². The van der Waals surface area contributed by atoms with E-state index in [1.54, 1.807) is 12.1 Å². The maximum atomic E-state index is 12.6. The number of carbonyl (C=O) groups is 2. The van der Waals surface area contributed by atoms with Crippen LogP contribution >= 0.6 is 24.8 Å². The number of esters is 1. The Bertz CT molecular complexity index is 693. The van der Waals surface area contributed by atoms with Crippen LogP contribution in [0.1, 0.15) is 36.5 Å². The molecule has 0 bridgehead atoms. The Labute approximate surface area is 191 Å².